The lowest BCUT2D eigenvalue weighted by Gasteiger charge is -2.19. The van der Waals surface area contributed by atoms with E-state index >= 15 is 0 Å². The van der Waals surface area contributed by atoms with Crippen LogP contribution in [0, 0.1) is 13.8 Å². The van der Waals surface area contributed by atoms with E-state index in [2.05, 4.69) is 44.3 Å². The van der Waals surface area contributed by atoms with E-state index in [4.69, 9.17) is 16.3 Å². The first-order chi connectivity index (χ1) is 11.0. The first-order valence-corrected chi connectivity index (χ1v) is 8.13. The SMILES string of the molecule is CC[C@H](NC(=O)COc1ccccc1Cl)c1ccc(C)c(C)c1. The smallest absolute Gasteiger partial charge is 0.258 e. The molecule has 23 heavy (non-hydrogen) atoms. The van der Waals surface area contributed by atoms with Crippen molar-refractivity contribution in [1.29, 1.82) is 0 Å². The van der Waals surface area contributed by atoms with Gasteiger partial charge in [-0.05, 0) is 49.1 Å². The number of benzene rings is 2. The summed E-state index contributed by atoms with van der Waals surface area (Å²) in [6, 6.07) is 13.4. The Labute approximate surface area is 142 Å². The second-order valence-electron chi connectivity index (χ2n) is 5.59. The summed E-state index contributed by atoms with van der Waals surface area (Å²) < 4.78 is 5.48. The summed E-state index contributed by atoms with van der Waals surface area (Å²) in [6.07, 6.45) is 0.820. The topological polar surface area (TPSA) is 38.3 Å². The molecule has 0 aliphatic rings. The van der Waals surface area contributed by atoms with Crippen LogP contribution in [0.15, 0.2) is 42.5 Å². The van der Waals surface area contributed by atoms with E-state index in [0.717, 1.165) is 12.0 Å². The minimum Gasteiger partial charge on any atom is -0.482 e. The monoisotopic (exact) mass is 331 g/mol. The van der Waals surface area contributed by atoms with Gasteiger partial charge < -0.3 is 10.1 Å². The number of ether oxygens (including phenoxy) is 1. The van der Waals surface area contributed by atoms with E-state index in [1.807, 2.05) is 12.1 Å². The maximum atomic E-state index is 12.1. The number of aryl methyl sites for hydroxylation is 2. The maximum Gasteiger partial charge on any atom is 0.258 e. The van der Waals surface area contributed by atoms with E-state index in [0.29, 0.717) is 10.8 Å². The molecule has 0 bridgehead atoms. The van der Waals surface area contributed by atoms with Gasteiger partial charge in [0.05, 0.1) is 11.1 Å². The van der Waals surface area contributed by atoms with Gasteiger partial charge in [0.15, 0.2) is 6.61 Å². The fourth-order valence-electron chi connectivity index (χ4n) is 2.34. The van der Waals surface area contributed by atoms with Crippen LogP contribution in [0.2, 0.25) is 5.02 Å². The summed E-state index contributed by atoms with van der Waals surface area (Å²) in [4.78, 5) is 12.1. The Morgan fingerprint density at radius 1 is 1.17 bits per heavy atom. The van der Waals surface area contributed by atoms with Crippen molar-refractivity contribution >= 4 is 17.5 Å². The van der Waals surface area contributed by atoms with E-state index in [-0.39, 0.29) is 18.6 Å². The molecule has 2 aromatic rings. The van der Waals surface area contributed by atoms with Crippen molar-refractivity contribution in [2.75, 3.05) is 6.61 Å². The van der Waals surface area contributed by atoms with Gasteiger partial charge in [0.25, 0.3) is 5.91 Å². The zero-order valence-corrected chi connectivity index (χ0v) is 14.5. The molecule has 1 amide bonds. The number of halogens is 1. The summed E-state index contributed by atoms with van der Waals surface area (Å²) in [5, 5.41) is 3.51. The van der Waals surface area contributed by atoms with Gasteiger partial charge in [-0.25, -0.2) is 0 Å². The number of nitrogens with one attached hydrogen (secondary N) is 1. The van der Waals surface area contributed by atoms with E-state index in [1.54, 1.807) is 12.1 Å². The molecule has 3 nitrogen and oxygen atoms in total. The van der Waals surface area contributed by atoms with Crippen LogP contribution in [0.4, 0.5) is 0 Å². The lowest BCUT2D eigenvalue weighted by molar-refractivity contribution is -0.123. The molecular formula is C19H22ClNO2. The highest BCUT2D eigenvalue weighted by Gasteiger charge is 2.14. The third-order valence-corrected chi connectivity index (χ3v) is 4.18. The van der Waals surface area contributed by atoms with Crippen LogP contribution in [-0.2, 0) is 4.79 Å². The lowest BCUT2D eigenvalue weighted by Crippen LogP contribution is -2.32. The summed E-state index contributed by atoms with van der Waals surface area (Å²) in [6.45, 7) is 6.16. The molecule has 0 aliphatic carbocycles. The molecule has 0 saturated heterocycles. The van der Waals surface area contributed by atoms with Gasteiger partial charge in [-0.3, -0.25) is 4.79 Å². The fourth-order valence-corrected chi connectivity index (χ4v) is 2.53. The van der Waals surface area contributed by atoms with Gasteiger partial charge in [0, 0.05) is 0 Å². The zero-order chi connectivity index (χ0) is 16.8. The number of hydrogen-bond donors (Lipinski definition) is 1. The van der Waals surface area contributed by atoms with Gasteiger partial charge >= 0.3 is 0 Å². The first kappa shape index (κ1) is 17.4. The van der Waals surface area contributed by atoms with Crippen molar-refractivity contribution in [2.24, 2.45) is 0 Å². The Kier molecular flexibility index (Phi) is 6.05. The maximum absolute atomic E-state index is 12.1. The second kappa shape index (κ2) is 8.02. The molecule has 0 spiro atoms. The minimum absolute atomic E-state index is 0.0170. The molecule has 0 saturated carbocycles. The highest BCUT2D eigenvalue weighted by molar-refractivity contribution is 6.32. The summed E-state index contributed by atoms with van der Waals surface area (Å²) >= 11 is 6.01. The van der Waals surface area contributed by atoms with Gasteiger partial charge in [-0.1, -0.05) is 48.9 Å². The average Bonchev–Trinajstić information content (AvgIpc) is 2.54. The Balaban J connectivity index is 1.97. The molecule has 4 heteroatoms. The molecule has 2 aromatic carbocycles. The highest BCUT2D eigenvalue weighted by Crippen LogP contribution is 2.23. The predicted molar refractivity (Wildman–Crippen MR) is 94.0 cm³/mol. The van der Waals surface area contributed by atoms with Crippen molar-refractivity contribution in [3.63, 3.8) is 0 Å². The van der Waals surface area contributed by atoms with Crippen molar-refractivity contribution < 1.29 is 9.53 Å². The Morgan fingerprint density at radius 2 is 1.91 bits per heavy atom. The summed E-state index contributed by atoms with van der Waals surface area (Å²) in [5.41, 5.74) is 3.58. The van der Waals surface area contributed by atoms with Crippen LogP contribution >= 0.6 is 11.6 Å². The van der Waals surface area contributed by atoms with Crippen LogP contribution < -0.4 is 10.1 Å². The molecule has 122 valence electrons. The third-order valence-electron chi connectivity index (χ3n) is 3.87. The molecule has 0 aromatic heterocycles. The highest BCUT2D eigenvalue weighted by atomic mass is 35.5. The third kappa shape index (κ3) is 4.73. The van der Waals surface area contributed by atoms with E-state index in [1.165, 1.54) is 11.1 Å². The standard InChI is InChI=1S/C19H22ClNO2/c1-4-17(15-10-9-13(2)14(3)11-15)21-19(22)12-23-18-8-6-5-7-16(18)20/h5-11,17H,4,12H2,1-3H3,(H,21,22)/t17-/m0/s1. The van der Waals surface area contributed by atoms with Gasteiger partial charge in [0.1, 0.15) is 5.75 Å². The largest absolute Gasteiger partial charge is 0.482 e. The van der Waals surface area contributed by atoms with Crippen LogP contribution in [0.1, 0.15) is 36.1 Å². The Morgan fingerprint density at radius 3 is 2.57 bits per heavy atom. The summed E-state index contributed by atoms with van der Waals surface area (Å²) in [7, 11) is 0. The number of para-hydroxylation sites is 1. The van der Waals surface area contributed by atoms with Crippen LogP contribution in [0.5, 0.6) is 5.75 Å². The number of carbonyl (C=O) groups is 1. The van der Waals surface area contributed by atoms with Gasteiger partial charge in [-0.2, -0.15) is 0 Å². The summed E-state index contributed by atoms with van der Waals surface area (Å²) in [5.74, 6) is 0.360. The normalized spacial score (nSPS) is 11.8. The number of carbonyl (C=O) groups excluding carboxylic acids is 1. The van der Waals surface area contributed by atoms with Gasteiger partial charge in [-0.15, -0.1) is 0 Å². The van der Waals surface area contributed by atoms with E-state index < -0.39 is 0 Å². The van der Waals surface area contributed by atoms with Crippen LogP contribution in [0.25, 0.3) is 0 Å². The molecule has 0 aliphatic heterocycles. The quantitative estimate of drug-likeness (QED) is 0.839. The first-order valence-electron chi connectivity index (χ1n) is 7.75. The number of rotatable bonds is 6. The van der Waals surface area contributed by atoms with Crippen LogP contribution in [0.3, 0.4) is 0 Å². The average molecular weight is 332 g/mol. The molecule has 1 atom stereocenters. The Hall–Kier alpha value is -2.00. The predicted octanol–water partition coefficient (Wildman–Crippen LogP) is 4.60. The molecular weight excluding hydrogens is 310 g/mol. The van der Waals surface area contributed by atoms with Gasteiger partial charge in [0.2, 0.25) is 0 Å². The second-order valence-corrected chi connectivity index (χ2v) is 6.00. The molecule has 0 radical (unpaired) electrons. The zero-order valence-electron chi connectivity index (χ0n) is 13.7. The number of hydrogen-bond acceptors (Lipinski definition) is 2. The number of amides is 1. The molecule has 0 fully saturated rings. The van der Waals surface area contributed by atoms with Crippen molar-refractivity contribution in [3.05, 3.63) is 64.2 Å². The molecule has 2 rings (SSSR count). The van der Waals surface area contributed by atoms with Crippen molar-refractivity contribution in [1.82, 2.24) is 5.32 Å². The molecule has 0 unspecified atom stereocenters. The van der Waals surface area contributed by atoms with E-state index in [9.17, 15) is 4.79 Å². The van der Waals surface area contributed by atoms with Crippen LogP contribution in [-0.4, -0.2) is 12.5 Å². The van der Waals surface area contributed by atoms with Crippen molar-refractivity contribution in [2.45, 2.75) is 33.2 Å². The Bertz CT molecular complexity index is 685. The molecule has 1 N–H and O–H groups in total. The fraction of sp³-hybridized carbons (Fsp3) is 0.316. The van der Waals surface area contributed by atoms with Crippen molar-refractivity contribution in [3.8, 4) is 5.75 Å². The minimum atomic E-state index is -0.157. The molecule has 0 heterocycles. The lowest BCUT2D eigenvalue weighted by atomic mass is 9.99.